The molecule has 1 heterocycles. The fourth-order valence-electron chi connectivity index (χ4n) is 1.32. The lowest BCUT2D eigenvalue weighted by Gasteiger charge is -2.14. The van der Waals surface area contributed by atoms with Crippen LogP contribution in [0.25, 0.3) is 0 Å². The maximum Gasteiger partial charge on any atom is 0.335 e. The van der Waals surface area contributed by atoms with E-state index >= 15 is 0 Å². The van der Waals surface area contributed by atoms with E-state index in [0.29, 0.717) is 6.54 Å². The van der Waals surface area contributed by atoms with Crippen molar-refractivity contribution in [3.05, 3.63) is 12.7 Å². The van der Waals surface area contributed by atoms with E-state index < -0.39 is 30.6 Å². The molecule has 1 aliphatic heterocycles. The van der Waals surface area contributed by atoms with Gasteiger partial charge in [-0.25, -0.2) is 9.59 Å². The standard InChI is InChI=1S/C11H16N2O5/c1-3-6-17-8(2)10(15)18-7-9(14)13-5-4-12-11(13)16/h3,8H,1,4-7H2,2H3,(H,12,16). The van der Waals surface area contributed by atoms with Gasteiger partial charge in [0.2, 0.25) is 0 Å². The second kappa shape index (κ2) is 6.75. The zero-order valence-corrected chi connectivity index (χ0v) is 10.2. The molecule has 0 aromatic rings. The number of hydrogen-bond acceptors (Lipinski definition) is 5. The number of nitrogens with zero attached hydrogens (tertiary/aromatic N) is 1. The van der Waals surface area contributed by atoms with Crippen LogP contribution in [-0.2, 0) is 19.1 Å². The monoisotopic (exact) mass is 256 g/mol. The van der Waals surface area contributed by atoms with Crippen LogP contribution in [0.15, 0.2) is 12.7 Å². The highest BCUT2D eigenvalue weighted by molar-refractivity contribution is 5.97. The number of carbonyl (C=O) groups excluding carboxylic acids is 3. The lowest BCUT2D eigenvalue weighted by atomic mass is 10.4. The molecule has 1 aliphatic rings. The van der Waals surface area contributed by atoms with Crippen LogP contribution in [0, 0.1) is 0 Å². The van der Waals surface area contributed by atoms with Gasteiger partial charge in [0.25, 0.3) is 5.91 Å². The molecule has 0 aliphatic carbocycles. The molecule has 100 valence electrons. The van der Waals surface area contributed by atoms with Crippen LogP contribution in [0.2, 0.25) is 0 Å². The number of amides is 3. The Labute approximate surface area is 105 Å². The second-order valence-electron chi connectivity index (χ2n) is 3.65. The van der Waals surface area contributed by atoms with E-state index in [4.69, 9.17) is 9.47 Å². The predicted molar refractivity (Wildman–Crippen MR) is 61.7 cm³/mol. The van der Waals surface area contributed by atoms with Gasteiger partial charge < -0.3 is 14.8 Å². The van der Waals surface area contributed by atoms with E-state index in [1.54, 1.807) is 0 Å². The summed E-state index contributed by atoms with van der Waals surface area (Å²) in [5, 5.41) is 2.48. The Balaban J connectivity index is 2.31. The highest BCUT2D eigenvalue weighted by Crippen LogP contribution is 2.00. The Morgan fingerprint density at radius 2 is 2.33 bits per heavy atom. The molecular formula is C11H16N2O5. The van der Waals surface area contributed by atoms with Crippen molar-refractivity contribution in [2.75, 3.05) is 26.3 Å². The molecule has 0 radical (unpaired) electrons. The Morgan fingerprint density at radius 1 is 1.61 bits per heavy atom. The molecule has 1 rings (SSSR count). The van der Waals surface area contributed by atoms with E-state index in [1.807, 2.05) is 0 Å². The third-order valence-electron chi connectivity index (χ3n) is 2.29. The predicted octanol–water partition coefficient (Wildman–Crippen LogP) is -0.327. The van der Waals surface area contributed by atoms with Gasteiger partial charge in [-0.2, -0.15) is 0 Å². The van der Waals surface area contributed by atoms with Crippen LogP contribution >= 0.6 is 0 Å². The van der Waals surface area contributed by atoms with Gasteiger partial charge in [-0.1, -0.05) is 6.08 Å². The average molecular weight is 256 g/mol. The van der Waals surface area contributed by atoms with E-state index in [9.17, 15) is 14.4 Å². The summed E-state index contributed by atoms with van der Waals surface area (Å²) >= 11 is 0. The van der Waals surface area contributed by atoms with Crippen LogP contribution in [0.4, 0.5) is 4.79 Å². The first-order chi connectivity index (χ1) is 8.56. The Bertz CT molecular complexity index is 355. The molecule has 1 saturated heterocycles. The van der Waals surface area contributed by atoms with Gasteiger partial charge in [-0.05, 0) is 6.92 Å². The molecule has 0 bridgehead atoms. The minimum atomic E-state index is -0.775. The van der Waals surface area contributed by atoms with Crippen molar-refractivity contribution in [1.29, 1.82) is 0 Å². The van der Waals surface area contributed by atoms with Crippen molar-refractivity contribution < 1.29 is 23.9 Å². The fourth-order valence-corrected chi connectivity index (χ4v) is 1.32. The number of imide groups is 1. The maximum absolute atomic E-state index is 11.5. The van der Waals surface area contributed by atoms with Crippen molar-refractivity contribution in [3.8, 4) is 0 Å². The third kappa shape index (κ3) is 3.85. The molecule has 0 aromatic carbocycles. The van der Waals surface area contributed by atoms with E-state index in [1.165, 1.54) is 13.0 Å². The molecule has 7 heteroatoms. The molecule has 0 spiro atoms. The van der Waals surface area contributed by atoms with E-state index in [-0.39, 0.29) is 13.2 Å². The summed E-state index contributed by atoms with van der Waals surface area (Å²) in [7, 11) is 0. The van der Waals surface area contributed by atoms with Gasteiger partial charge in [-0.15, -0.1) is 6.58 Å². The Hall–Kier alpha value is -1.89. The van der Waals surface area contributed by atoms with Crippen molar-refractivity contribution in [1.82, 2.24) is 10.2 Å². The summed E-state index contributed by atoms with van der Waals surface area (Å²) in [4.78, 5) is 35.1. The summed E-state index contributed by atoms with van der Waals surface area (Å²) in [5.74, 6) is -1.20. The van der Waals surface area contributed by atoms with Crippen LogP contribution in [0.5, 0.6) is 0 Å². The first kappa shape index (κ1) is 14.2. The molecule has 1 atom stereocenters. The molecule has 1 N–H and O–H groups in total. The normalized spacial score (nSPS) is 16.1. The second-order valence-corrected chi connectivity index (χ2v) is 3.65. The van der Waals surface area contributed by atoms with Gasteiger partial charge in [0, 0.05) is 13.1 Å². The number of hydrogen-bond donors (Lipinski definition) is 1. The molecule has 0 saturated carbocycles. The van der Waals surface area contributed by atoms with Gasteiger partial charge in [0.15, 0.2) is 12.7 Å². The SMILES string of the molecule is C=CCOC(C)C(=O)OCC(=O)N1CCNC1=O. The van der Waals surface area contributed by atoms with Crippen LogP contribution in [0.1, 0.15) is 6.92 Å². The van der Waals surface area contributed by atoms with Crippen molar-refractivity contribution >= 4 is 17.9 Å². The van der Waals surface area contributed by atoms with E-state index in [2.05, 4.69) is 11.9 Å². The molecule has 1 unspecified atom stereocenters. The topological polar surface area (TPSA) is 84.9 Å². The highest BCUT2D eigenvalue weighted by atomic mass is 16.6. The quantitative estimate of drug-likeness (QED) is 0.519. The fraction of sp³-hybridized carbons (Fsp3) is 0.545. The molecule has 0 aromatic heterocycles. The van der Waals surface area contributed by atoms with Crippen molar-refractivity contribution in [2.24, 2.45) is 0 Å². The lowest BCUT2D eigenvalue weighted by molar-refractivity contribution is -0.159. The summed E-state index contributed by atoms with van der Waals surface area (Å²) in [5.41, 5.74) is 0. The smallest absolute Gasteiger partial charge is 0.335 e. The summed E-state index contributed by atoms with van der Waals surface area (Å²) in [6.45, 7) is 5.42. The molecular weight excluding hydrogens is 240 g/mol. The van der Waals surface area contributed by atoms with Gasteiger partial charge in [0.05, 0.1) is 6.61 Å². The summed E-state index contributed by atoms with van der Waals surface area (Å²) in [6.07, 6.45) is 0.729. The van der Waals surface area contributed by atoms with Crippen LogP contribution < -0.4 is 5.32 Å². The maximum atomic E-state index is 11.5. The summed E-state index contributed by atoms with van der Waals surface area (Å²) in [6, 6.07) is -0.466. The first-order valence-corrected chi connectivity index (χ1v) is 5.53. The van der Waals surface area contributed by atoms with Crippen LogP contribution in [0.3, 0.4) is 0 Å². The van der Waals surface area contributed by atoms with Crippen LogP contribution in [-0.4, -0.2) is 55.2 Å². The molecule has 3 amide bonds. The minimum absolute atomic E-state index is 0.221. The van der Waals surface area contributed by atoms with E-state index in [0.717, 1.165) is 4.90 Å². The minimum Gasteiger partial charge on any atom is -0.454 e. The number of urea groups is 1. The molecule has 1 fully saturated rings. The highest BCUT2D eigenvalue weighted by Gasteiger charge is 2.27. The van der Waals surface area contributed by atoms with Crippen molar-refractivity contribution in [2.45, 2.75) is 13.0 Å². The van der Waals surface area contributed by atoms with Crippen molar-refractivity contribution in [3.63, 3.8) is 0 Å². The Morgan fingerprint density at radius 3 is 2.89 bits per heavy atom. The molecule has 7 nitrogen and oxygen atoms in total. The zero-order valence-electron chi connectivity index (χ0n) is 10.2. The van der Waals surface area contributed by atoms with Gasteiger partial charge in [0.1, 0.15) is 0 Å². The first-order valence-electron chi connectivity index (χ1n) is 5.53. The third-order valence-corrected chi connectivity index (χ3v) is 2.29. The Kier molecular flexibility index (Phi) is 5.31. The number of esters is 1. The number of nitrogens with one attached hydrogen (secondary N) is 1. The zero-order chi connectivity index (χ0) is 13.5. The van der Waals surface area contributed by atoms with Gasteiger partial charge in [-0.3, -0.25) is 9.69 Å². The lowest BCUT2D eigenvalue weighted by Crippen LogP contribution is -2.38. The number of carbonyl (C=O) groups is 3. The largest absolute Gasteiger partial charge is 0.454 e. The van der Waals surface area contributed by atoms with Gasteiger partial charge >= 0.3 is 12.0 Å². The number of rotatable bonds is 6. The average Bonchev–Trinajstić information content (AvgIpc) is 2.78. The summed E-state index contributed by atoms with van der Waals surface area (Å²) < 4.78 is 9.79. The number of ether oxygens (including phenoxy) is 2. The molecule has 18 heavy (non-hydrogen) atoms.